The highest BCUT2D eigenvalue weighted by atomic mass is 16.5. The lowest BCUT2D eigenvalue weighted by molar-refractivity contribution is -0.139. The van der Waals surface area contributed by atoms with E-state index in [2.05, 4.69) is 25.7 Å². The number of aryl methyl sites for hydroxylation is 1. The van der Waals surface area contributed by atoms with Gasteiger partial charge >= 0.3 is 0 Å². The summed E-state index contributed by atoms with van der Waals surface area (Å²) >= 11 is 0. The summed E-state index contributed by atoms with van der Waals surface area (Å²) in [7, 11) is 3.96. The Bertz CT molecular complexity index is 1090. The number of hydrogen-bond donors (Lipinski definition) is 1. The minimum Gasteiger partial charge on any atom is -0.507 e. The molecule has 6 heteroatoms. The number of rotatable bonds is 10. The molecule has 6 nitrogen and oxygen atoms in total. The molecule has 0 bridgehead atoms. The number of amides is 1. The SMILES string of the molecule is CCOc1ccc(/C(O)=C2/C(=O)C(=O)N(CCCN(C)C)C2c2ccc(CC)cc2)cc1C(C)C. The highest BCUT2D eigenvalue weighted by Crippen LogP contribution is 2.40. The smallest absolute Gasteiger partial charge is 0.295 e. The van der Waals surface area contributed by atoms with Gasteiger partial charge in [0.2, 0.25) is 0 Å². The number of aliphatic hydroxyl groups is 1. The van der Waals surface area contributed by atoms with E-state index in [-0.39, 0.29) is 17.3 Å². The van der Waals surface area contributed by atoms with Gasteiger partial charge in [-0.05, 0) is 81.2 Å². The number of ether oxygens (including phenoxy) is 1. The number of likely N-dealkylation sites (tertiary alicyclic amines) is 1. The normalized spacial score (nSPS) is 17.6. The van der Waals surface area contributed by atoms with Gasteiger partial charge in [-0.1, -0.05) is 45.0 Å². The quantitative estimate of drug-likeness (QED) is 0.291. The van der Waals surface area contributed by atoms with Crippen LogP contribution in [0, 0.1) is 0 Å². The Morgan fingerprint density at radius 2 is 1.77 bits per heavy atom. The van der Waals surface area contributed by atoms with Crippen LogP contribution in [0.15, 0.2) is 48.0 Å². The van der Waals surface area contributed by atoms with E-state index < -0.39 is 17.7 Å². The average molecular weight is 479 g/mol. The lowest BCUT2D eigenvalue weighted by Gasteiger charge is -2.26. The molecule has 2 aromatic rings. The van der Waals surface area contributed by atoms with Crippen molar-refractivity contribution in [2.45, 2.75) is 52.5 Å². The molecule has 1 atom stereocenters. The van der Waals surface area contributed by atoms with Crippen LogP contribution >= 0.6 is 0 Å². The van der Waals surface area contributed by atoms with Crippen LogP contribution < -0.4 is 4.74 Å². The first-order valence-corrected chi connectivity index (χ1v) is 12.5. The highest BCUT2D eigenvalue weighted by Gasteiger charge is 2.45. The molecule has 3 rings (SSSR count). The Morgan fingerprint density at radius 3 is 2.34 bits per heavy atom. The van der Waals surface area contributed by atoms with Gasteiger partial charge in [0.1, 0.15) is 11.5 Å². The van der Waals surface area contributed by atoms with Crippen molar-refractivity contribution in [3.8, 4) is 5.75 Å². The number of nitrogens with zero attached hydrogens (tertiary/aromatic N) is 2. The maximum atomic E-state index is 13.3. The third-order valence-electron chi connectivity index (χ3n) is 6.45. The van der Waals surface area contributed by atoms with Crippen LogP contribution in [0.2, 0.25) is 0 Å². The molecule has 188 valence electrons. The zero-order valence-corrected chi connectivity index (χ0v) is 21.8. The lowest BCUT2D eigenvalue weighted by Crippen LogP contribution is -2.32. The molecule has 1 unspecified atom stereocenters. The van der Waals surface area contributed by atoms with Crippen LogP contribution in [0.25, 0.3) is 5.76 Å². The molecule has 2 aromatic carbocycles. The van der Waals surface area contributed by atoms with Crippen molar-refractivity contribution in [3.63, 3.8) is 0 Å². The van der Waals surface area contributed by atoms with Gasteiger partial charge in [0, 0.05) is 12.1 Å². The first-order valence-electron chi connectivity index (χ1n) is 12.5. The number of ketones is 1. The summed E-state index contributed by atoms with van der Waals surface area (Å²) in [6.45, 7) is 9.89. The van der Waals surface area contributed by atoms with E-state index in [0.717, 1.165) is 36.3 Å². The highest BCUT2D eigenvalue weighted by molar-refractivity contribution is 6.46. The number of carbonyl (C=O) groups is 2. The van der Waals surface area contributed by atoms with Crippen LogP contribution in [0.4, 0.5) is 0 Å². The Morgan fingerprint density at radius 1 is 1.09 bits per heavy atom. The molecule has 1 aliphatic heterocycles. The van der Waals surface area contributed by atoms with Gasteiger partial charge in [-0.15, -0.1) is 0 Å². The second kappa shape index (κ2) is 11.5. The zero-order valence-electron chi connectivity index (χ0n) is 21.8. The van der Waals surface area contributed by atoms with Crippen molar-refractivity contribution in [3.05, 3.63) is 70.3 Å². The van der Waals surface area contributed by atoms with Crippen molar-refractivity contribution in [2.24, 2.45) is 0 Å². The van der Waals surface area contributed by atoms with E-state index >= 15 is 0 Å². The summed E-state index contributed by atoms with van der Waals surface area (Å²) in [5.74, 6) is -0.431. The molecular formula is C29H38N2O4. The Labute approximate surface area is 209 Å². The van der Waals surface area contributed by atoms with Gasteiger partial charge in [-0.25, -0.2) is 0 Å². The fourth-order valence-corrected chi connectivity index (χ4v) is 4.54. The second-order valence-corrected chi connectivity index (χ2v) is 9.58. The van der Waals surface area contributed by atoms with Crippen LogP contribution in [-0.4, -0.2) is 60.4 Å². The number of hydrogen-bond acceptors (Lipinski definition) is 5. The van der Waals surface area contributed by atoms with Crippen molar-refractivity contribution in [1.29, 1.82) is 0 Å². The van der Waals surface area contributed by atoms with E-state index in [1.807, 2.05) is 57.4 Å². The first kappa shape index (κ1) is 26.5. The Kier molecular flexibility index (Phi) is 8.73. The van der Waals surface area contributed by atoms with E-state index in [4.69, 9.17) is 4.74 Å². The third-order valence-corrected chi connectivity index (χ3v) is 6.45. The van der Waals surface area contributed by atoms with E-state index in [1.165, 1.54) is 5.56 Å². The summed E-state index contributed by atoms with van der Waals surface area (Å²) in [4.78, 5) is 30.1. The van der Waals surface area contributed by atoms with Gasteiger partial charge in [0.05, 0.1) is 18.2 Å². The van der Waals surface area contributed by atoms with Crippen LogP contribution in [-0.2, 0) is 16.0 Å². The Balaban J connectivity index is 2.12. The molecular weight excluding hydrogens is 440 g/mol. The van der Waals surface area contributed by atoms with Gasteiger partial charge in [0.25, 0.3) is 11.7 Å². The van der Waals surface area contributed by atoms with Crippen LogP contribution in [0.1, 0.15) is 68.3 Å². The van der Waals surface area contributed by atoms with Crippen molar-refractivity contribution in [1.82, 2.24) is 9.80 Å². The van der Waals surface area contributed by atoms with Crippen molar-refractivity contribution in [2.75, 3.05) is 33.8 Å². The molecule has 1 aliphatic rings. The summed E-state index contributed by atoms with van der Waals surface area (Å²) < 4.78 is 5.76. The molecule has 1 saturated heterocycles. The Hall–Kier alpha value is -3.12. The van der Waals surface area contributed by atoms with E-state index in [0.29, 0.717) is 18.7 Å². The monoisotopic (exact) mass is 478 g/mol. The van der Waals surface area contributed by atoms with Gasteiger partial charge in [-0.3, -0.25) is 9.59 Å². The molecule has 0 aliphatic carbocycles. The molecule has 35 heavy (non-hydrogen) atoms. The van der Waals surface area contributed by atoms with Crippen LogP contribution in [0.5, 0.6) is 5.75 Å². The summed E-state index contributed by atoms with van der Waals surface area (Å²) in [6, 6.07) is 12.8. The topological polar surface area (TPSA) is 70.1 Å². The maximum Gasteiger partial charge on any atom is 0.295 e. The van der Waals surface area contributed by atoms with E-state index in [1.54, 1.807) is 11.0 Å². The summed E-state index contributed by atoms with van der Waals surface area (Å²) in [5, 5.41) is 11.4. The standard InChI is InChI=1S/C29H38N2O4/c1-7-20-10-12-21(13-11-20)26-25(28(33)29(34)31(26)17-9-16-30(5)6)27(32)22-14-15-24(35-8-2)23(18-22)19(3)4/h10-15,18-19,26,32H,7-9,16-17H2,1-6H3/b27-25-. The fourth-order valence-electron chi connectivity index (χ4n) is 4.54. The number of benzene rings is 2. The molecule has 1 heterocycles. The molecule has 0 radical (unpaired) electrons. The van der Waals surface area contributed by atoms with Crippen molar-refractivity contribution < 1.29 is 19.4 Å². The minimum absolute atomic E-state index is 0.142. The van der Waals surface area contributed by atoms with Gasteiger partial charge < -0.3 is 19.6 Å². The summed E-state index contributed by atoms with van der Waals surface area (Å²) in [6.07, 6.45) is 1.62. The molecule has 1 N–H and O–H groups in total. The first-order chi connectivity index (χ1) is 16.7. The van der Waals surface area contributed by atoms with Gasteiger partial charge in [0.15, 0.2) is 0 Å². The van der Waals surface area contributed by atoms with Crippen molar-refractivity contribution >= 4 is 17.4 Å². The molecule has 0 saturated carbocycles. The zero-order chi connectivity index (χ0) is 25.7. The predicted molar refractivity (Wildman–Crippen MR) is 140 cm³/mol. The van der Waals surface area contributed by atoms with E-state index in [9.17, 15) is 14.7 Å². The summed E-state index contributed by atoms with van der Waals surface area (Å²) in [5.41, 5.74) is 3.59. The second-order valence-electron chi connectivity index (χ2n) is 9.58. The molecule has 0 spiro atoms. The third kappa shape index (κ3) is 5.76. The molecule has 0 aromatic heterocycles. The fraction of sp³-hybridized carbons (Fsp3) is 0.448. The largest absolute Gasteiger partial charge is 0.507 e. The molecule has 1 fully saturated rings. The number of Topliss-reactive ketones (excluding diaryl/α,β-unsaturated/α-hetero) is 1. The van der Waals surface area contributed by atoms with Crippen LogP contribution in [0.3, 0.4) is 0 Å². The average Bonchev–Trinajstić information content (AvgIpc) is 3.08. The number of carbonyl (C=O) groups excluding carboxylic acids is 2. The number of aliphatic hydroxyl groups excluding tert-OH is 1. The predicted octanol–water partition coefficient (Wildman–Crippen LogP) is 5.14. The maximum absolute atomic E-state index is 13.3. The minimum atomic E-state index is -0.642. The molecule has 1 amide bonds. The lowest BCUT2D eigenvalue weighted by atomic mass is 9.92. The van der Waals surface area contributed by atoms with Gasteiger partial charge in [-0.2, -0.15) is 0 Å².